The van der Waals surface area contributed by atoms with Crippen LogP contribution >= 0.6 is 34.8 Å². The minimum atomic E-state index is -0.406. The Morgan fingerprint density at radius 1 is 1.02 bits per heavy atom. The minimum absolute atomic E-state index is 0.0677. The first kappa shape index (κ1) is 33.9. The summed E-state index contributed by atoms with van der Waals surface area (Å²) in [5.74, 6) is 0.369. The predicted molar refractivity (Wildman–Crippen MR) is 184 cm³/mol. The summed E-state index contributed by atoms with van der Waals surface area (Å²) in [4.78, 5) is 41.0. The van der Waals surface area contributed by atoms with Gasteiger partial charge in [0.05, 0.1) is 33.1 Å². The van der Waals surface area contributed by atoms with E-state index in [0.29, 0.717) is 47.5 Å². The molecule has 0 radical (unpaired) electrons. The first-order valence-corrected chi connectivity index (χ1v) is 17.4. The lowest BCUT2D eigenvalue weighted by Gasteiger charge is -2.35. The van der Waals surface area contributed by atoms with Gasteiger partial charge in [-0.2, -0.15) is 0 Å². The van der Waals surface area contributed by atoms with E-state index in [-0.39, 0.29) is 34.9 Å². The van der Waals surface area contributed by atoms with Gasteiger partial charge in [-0.15, -0.1) is 0 Å². The van der Waals surface area contributed by atoms with Gasteiger partial charge in [0, 0.05) is 57.4 Å². The Balaban J connectivity index is 1.15. The molecule has 1 N–H and O–H groups in total. The highest BCUT2D eigenvalue weighted by Crippen LogP contribution is 2.38. The summed E-state index contributed by atoms with van der Waals surface area (Å²) in [6.45, 7) is 5.26. The first-order chi connectivity index (χ1) is 22.7. The van der Waals surface area contributed by atoms with Crippen molar-refractivity contribution in [3.8, 4) is 5.75 Å². The molecule has 3 atom stereocenters. The van der Waals surface area contributed by atoms with Crippen LogP contribution < -0.4 is 15.0 Å². The number of hydrogen-bond donors (Lipinski definition) is 1. The number of aromatic nitrogens is 2. The predicted octanol–water partition coefficient (Wildman–Crippen LogP) is 6.51. The van der Waals surface area contributed by atoms with Gasteiger partial charge in [-0.1, -0.05) is 40.9 Å². The molecule has 6 rings (SSSR count). The molecule has 2 saturated heterocycles. The van der Waals surface area contributed by atoms with E-state index in [4.69, 9.17) is 49.3 Å². The maximum Gasteiger partial charge on any atom is 0.262 e. The van der Waals surface area contributed by atoms with Crippen LogP contribution in [0.5, 0.6) is 5.75 Å². The van der Waals surface area contributed by atoms with Crippen molar-refractivity contribution in [2.75, 3.05) is 44.8 Å². The number of piperidine rings is 1. The number of methoxy groups -OCH3 is 1. The highest BCUT2D eigenvalue weighted by atomic mass is 35.5. The quantitative estimate of drug-likeness (QED) is 0.179. The average Bonchev–Trinajstić information content (AvgIpc) is 3.79. The lowest BCUT2D eigenvalue weighted by Crippen LogP contribution is -2.49. The van der Waals surface area contributed by atoms with Crippen molar-refractivity contribution in [1.82, 2.24) is 20.2 Å². The summed E-state index contributed by atoms with van der Waals surface area (Å²) in [6, 6.07) is 9.39. The number of anilines is 1. The molecular formula is C35H40Cl3N5O4. The zero-order chi connectivity index (χ0) is 33.1. The highest BCUT2D eigenvalue weighted by Gasteiger charge is 2.44. The number of amides is 2. The lowest BCUT2D eigenvalue weighted by atomic mass is 9.80. The molecule has 3 aliphatic rings. The van der Waals surface area contributed by atoms with Crippen molar-refractivity contribution in [3.63, 3.8) is 0 Å². The highest BCUT2D eigenvalue weighted by molar-refractivity contribution is 6.37. The minimum Gasteiger partial charge on any atom is -0.485 e. The Morgan fingerprint density at radius 3 is 2.51 bits per heavy atom. The number of benzene rings is 1. The zero-order valence-electron chi connectivity index (χ0n) is 26.7. The second-order valence-corrected chi connectivity index (χ2v) is 13.9. The van der Waals surface area contributed by atoms with Gasteiger partial charge in [-0.3, -0.25) is 19.5 Å². The van der Waals surface area contributed by atoms with E-state index in [0.717, 1.165) is 67.8 Å². The SMILES string of the molecule is COCCCc1cc(C(=O)N(C(=O)[C@H]2CNCC[C@@H]2c2ccc(N3CC[C@H](Oc4c(Cl)cc(C)cc4Cl)C3)nc2)C2CC2)c(Cl)cn1. The maximum absolute atomic E-state index is 14.2. The van der Waals surface area contributed by atoms with Gasteiger partial charge >= 0.3 is 0 Å². The number of ether oxygens (including phenoxy) is 2. The van der Waals surface area contributed by atoms with Gasteiger partial charge in [0.2, 0.25) is 5.91 Å². The fourth-order valence-corrected chi connectivity index (χ4v) is 7.46. The van der Waals surface area contributed by atoms with Gasteiger partial charge in [0.15, 0.2) is 5.75 Å². The molecule has 9 nitrogen and oxygen atoms in total. The molecule has 0 unspecified atom stereocenters. The van der Waals surface area contributed by atoms with Crippen LogP contribution in [-0.2, 0) is 16.0 Å². The third-order valence-corrected chi connectivity index (χ3v) is 10.0. The van der Waals surface area contributed by atoms with Crippen LogP contribution in [0.3, 0.4) is 0 Å². The van der Waals surface area contributed by atoms with Crippen molar-refractivity contribution >= 4 is 52.4 Å². The van der Waals surface area contributed by atoms with E-state index < -0.39 is 5.92 Å². The number of imide groups is 1. The molecule has 1 saturated carbocycles. The number of pyridine rings is 2. The third kappa shape index (κ3) is 7.86. The molecule has 0 bridgehead atoms. The number of halogens is 3. The molecule has 0 spiro atoms. The van der Waals surface area contributed by atoms with Crippen LogP contribution in [0.25, 0.3) is 0 Å². The Bertz CT molecular complexity index is 1580. The monoisotopic (exact) mass is 699 g/mol. The largest absolute Gasteiger partial charge is 0.485 e. The topological polar surface area (TPSA) is 96.9 Å². The molecule has 3 fully saturated rings. The summed E-state index contributed by atoms with van der Waals surface area (Å²) in [7, 11) is 1.65. The zero-order valence-corrected chi connectivity index (χ0v) is 29.0. The lowest BCUT2D eigenvalue weighted by molar-refractivity contribution is -0.134. The summed E-state index contributed by atoms with van der Waals surface area (Å²) < 4.78 is 11.4. The van der Waals surface area contributed by atoms with Crippen LogP contribution in [0.2, 0.25) is 15.1 Å². The van der Waals surface area contributed by atoms with Crippen molar-refractivity contribution in [2.24, 2.45) is 5.92 Å². The maximum atomic E-state index is 14.2. The van der Waals surface area contributed by atoms with E-state index in [9.17, 15) is 9.59 Å². The number of rotatable bonds is 11. The summed E-state index contributed by atoms with van der Waals surface area (Å²) in [5, 5.41) is 4.65. The van der Waals surface area contributed by atoms with Gasteiger partial charge < -0.3 is 19.7 Å². The van der Waals surface area contributed by atoms with Gasteiger partial charge in [-0.25, -0.2) is 4.98 Å². The number of hydrogen-bond acceptors (Lipinski definition) is 8. The number of carbonyl (C=O) groups excluding carboxylic acids is 2. The molecule has 2 aromatic heterocycles. The fourth-order valence-electron chi connectivity index (χ4n) is 6.59. The normalized spacial score (nSPS) is 21.1. The van der Waals surface area contributed by atoms with Crippen LogP contribution in [0.1, 0.15) is 65.2 Å². The number of nitrogens with zero attached hydrogens (tertiary/aromatic N) is 4. The molecule has 47 heavy (non-hydrogen) atoms. The molecule has 1 aliphatic carbocycles. The molecule has 3 aromatic rings. The number of carbonyl (C=O) groups is 2. The van der Waals surface area contributed by atoms with Crippen LogP contribution in [0.15, 0.2) is 42.7 Å². The van der Waals surface area contributed by atoms with Gasteiger partial charge in [0.25, 0.3) is 5.91 Å². The Labute approximate surface area is 290 Å². The molecule has 4 heterocycles. The first-order valence-electron chi connectivity index (χ1n) is 16.3. The van der Waals surface area contributed by atoms with E-state index in [1.807, 2.05) is 31.3 Å². The standard InChI is InChI=1S/C35H40Cl3N5O4/c1-21-14-29(36)33(30(37)15-21)47-25-10-12-42(20-25)32-8-5-22(17-41-32)26-9-11-39-18-28(26)35(45)43(24-6-7-24)34(44)27-16-23(4-3-13-46-2)40-19-31(27)38/h5,8,14-17,19,24-26,28,39H,3-4,6-7,9-13,18,20H2,1-2H3/t25-,26+,28-/m0/s1. The summed E-state index contributed by atoms with van der Waals surface area (Å²) >= 11 is 19.3. The second-order valence-electron chi connectivity index (χ2n) is 12.7. The molecule has 2 aliphatic heterocycles. The van der Waals surface area contributed by atoms with Gasteiger partial charge in [-0.05, 0) is 86.9 Å². The van der Waals surface area contributed by atoms with Crippen molar-refractivity contribution in [2.45, 2.75) is 63.5 Å². The molecule has 250 valence electrons. The fraction of sp³-hybridized carbons (Fsp3) is 0.486. The molecular weight excluding hydrogens is 661 g/mol. The van der Waals surface area contributed by atoms with Crippen LogP contribution in [0.4, 0.5) is 5.82 Å². The number of aryl methyl sites for hydroxylation is 2. The Kier molecular flexibility index (Phi) is 10.9. The van der Waals surface area contributed by atoms with Gasteiger partial charge in [0.1, 0.15) is 11.9 Å². The summed E-state index contributed by atoms with van der Waals surface area (Å²) in [5.41, 5.74) is 3.04. The van der Waals surface area contributed by atoms with Crippen LogP contribution in [0, 0.1) is 12.8 Å². The van der Waals surface area contributed by atoms with E-state index in [1.165, 1.54) is 11.1 Å². The molecule has 1 aromatic carbocycles. The molecule has 2 amide bonds. The molecule has 12 heteroatoms. The smallest absolute Gasteiger partial charge is 0.262 e. The second kappa shape index (κ2) is 15.1. The average molecular weight is 701 g/mol. The van der Waals surface area contributed by atoms with Crippen molar-refractivity contribution in [3.05, 3.63) is 80.2 Å². The Hall–Kier alpha value is -2.95. The summed E-state index contributed by atoms with van der Waals surface area (Å²) in [6.07, 6.45) is 7.92. The van der Waals surface area contributed by atoms with Crippen LogP contribution in [-0.4, -0.2) is 78.7 Å². The van der Waals surface area contributed by atoms with Crippen molar-refractivity contribution in [1.29, 1.82) is 0 Å². The van der Waals surface area contributed by atoms with Crippen molar-refractivity contribution < 1.29 is 19.1 Å². The Morgan fingerprint density at radius 2 is 1.81 bits per heavy atom. The van der Waals surface area contributed by atoms with E-state index in [1.54, 1.807) is 13.2 Å². The third-order valence-electron chi connectivity index (χ3n) is 9.19. The van der Waals surface area contributed by atoms with E-state index >= 15 is 0 Å². The van der Waals surface area contributed by atoms with E-state index in [2.05, 4.69) is 21.3 Å². The number of nitrogens with one attached hydrogen (secondary N) is 1.